The summed E-state index contributed by atoms with van der Waals surface area (Å²) in [6.07, 6.45) is 9.63. The molecule has 0 saturated carbocycles. The fourth-order valence-corrected chi connectivity index (χ4v) is 3.25. The Kier molecular flexibility index (Phi) is 12.3. The molecule has 0 atom stereocenters. The minimum absolute atomic E-state index is 0.0291. The van der Waals surface area contributed by atoms with Gasteiger partial charge in [-0.05, 0) is 19.3 Å². The van der Waals surface area contributed by atoms with Crippen LogP contribution in [0.25, 0.3) is 11.2 Å². The van der Waals surface area contributed by atoms with Gasteiger partial charge in [0.25, 0.3) is 5.56 Å². The highest BCUT2D eigenvalue weighted by Crippen LogP contribution is 2.11. The molecular weight excluding hydrogens is 384 g/mol. The molecule has 0 aliphatic carbocycles. The molecule has 9 nitrogen and oxygen atoms in total. The van der Waals surface area contributed by atoms with E-state index in [2.05, 4.69) is 42.8 Å². The zero-order chi connectivity index (χ0) is 22.4. The lowest BCUT2D eigenvalue weighted by atomic mass is 10.2. The van der Waals surface area contributed by atoms with Crippen molar-refractivity contribution in [1.82, 2.24) is 19.5 Å². The van der Waals surface area contributed by atoms with Gasteiger partial charge in [-0.3, -0.25) is 14.3 Å². The number of quaternary nitrogens is 1. The Balaban J connectivity index is 0.000000304. The fourth-order valence-electron chi connectivity index (χ4n) is 3.25. The van der Waals surface area contributed by atoms with E-state index < -0.39 is 0 Å². The molecule has 30 heavy (non-hydrogen) atoms. The number of imidazole rings is 1. The van der Waals surface area contributed by atoms with Crippen molar-refractivity contribution in [3.8, 4) is 0 Å². The van der Waals surface area contributed by atoms with Gasteiger partial charge >= 0.3 is 0 Å². The molecule has 0 bridgehead atoms. The summed E-state index contributed by atoms with van der Waals surface area (Å²) in [5.41, 5.74) is 5.60. The van der Waals surface area contributed by atoms with Crippen molar-refractivity contribution < 1.29 is 14.3 Å². The number of unbranched alkanes of at least 4 members (excludes halogenated alkanes) is 3. The van der Waals surface area contributed by atoms with Crippen LogP contribution in [0.3, 0.4) is 0 Å². The summed E-state index contributed by atoms with van der Waals surface area (Å²) >= 11 is 0. The van der Waals surface area contributed by atoms with Crippen LogP contribution in [0.4, 0.5) is 5.95 Å². The Labute approximate surface area is 179 Å². The summed E-state index contributed by atoms with van der Waals surface area (Å²) < 4.78 is 7.95. The minimum Gasteiger partial charge on any atom is -0.394 e. The first kappa shape index (κ1) is 26.1. The molecule has 0 radical (unpaired) electrons. The Morgan fingerprint density at radius 1 is 1.13 bits per heavy atom. The van der Waals surface area contributed by atoms with Crippen molar-refractivity contribution in [2.24, 2.45) is 0 Å². The van der Waals surface area contributed by atoms with Crippen molar-refractivity contribution in [2.75, 3.05) is 45.6 Å². The van der Waals surface area contributed by atoms with Crippen LogP contribution in [0, 0.1) is 0 Å². The number of H-pyrrole nitrogens is 1. The number of nitrogens with one attached hydrogen (secondary N) is 1. The lowest BCUT2D eigenvalue weighted by Crippen LogP contribution is -2.46. The molecule has 4 N–H and O–H groups in total. The Morgan fingerprint density at radius 3 is 2.20 bits per heavy atom. The number of hydrogen-bond acceptors (Lipinski definition) is 6. The Morgan fingerprint density at radius 2 is 1.70 bits per heavy atom. The number of aromatic nitrogens is 4. The number of nitrogens with two attached hydrogens (primary N) is 1. The van der Waals surface area contributed by atoms with Crippen molar-refractivity contribution in [3.05, 3.63) is 16.7 Å². The van der Waals surface area contributed by atoms with Gasteiger partial charge in [0.1, 0.15) is 6.73 Å². The molecule has 0 spiro atoms. The molecule has 2 heterocycles. The molecule has 0 fully saturated rings. The van der Waals surface area contributed by atoms with E-state index in [4.69, 9.17) is 15.6 Å². The molecular formula is C21H41N6O3+. The lowest BCUT2D eigenvalue weighted by Gasteiger charge is -2.34. The van der Waals surface area contributed by atoms with Crippen molar-refractivity contribution >= 4 is 17.1 Å². The van der Waals surface area contributed by atoms with Gasteiger partial charge in [0.05, 0.1) is 46.2 Å². The standard InChI is InChI=1S/C13H30N.C8H11N5O3/c1-5-8-11-14(4,12-9-6-2)13-10-7-3;9-8-11-6-5(7(15)12-8)10-3-13(6)4-16-2-1-14/h5-13H2,1-4H3;3,14H,1-2,4H2,(H3,9,11,12,15)/q+1;. The summed E-state index contributed by atoms with van der Waals surface area (Å²) in [5, 5.41) is 8.56. The molecule has 0 unspecified atom stereocenters. The van der Waals surface area contributed by atoms with E-state index in [0.717, 1.165) is 0 Å². The van der Waals surface area contributed by atoms with Crippen LogP contribution in [0.2, 0.25) is 0 Å². The summed E-state index contributed by atoms with van der Waals surface area (Å²) in [7, 11) is 2.45. The maximum Gasteiger partial charge on any atom is 0.280 e. The third-order valence-electron chi connectivity index (χ3n) is 5.11. The smallest absolute Gasteiger partial charge is 0.280 e. The van der Waals surface area contributed by atoms with Crippen molar-refractivity contribution in [3.63, 3.8) is 0 Å². The third-order valence-corrected chi connectivity index (χ3v) is 5.11. The average Bonchev–Trinajstić information content (AvgIpc) is 3.13. The highest BCUT2D eigenvalue weighted by Gasteiger charge is 2.18. The molecule has 0 saturated heterocycles. The van der Waals surface area contributed by atoms with Crippen LogP contribution in [0.1, 0.15) is 59.3 Å². The molecule has 9 heteroatoms. The average molecular weight is 426 g/mol. The predicted molar refractivity (Wildman–Crippen MR) is 121 cm³/mol. The number of hydrogen-bond donors (Lipinski definition) is 3. The van der Waals surface area contributed by atoms with Gasteiger partial charge in [-0.1, -0.05) is 40.0 Å². The van der Waals surface area contributed by atoms with E-state index in [9.17, 15) is 4.79 Å². The molecule has 0 amide bonds. The van der Waals surface area contributed by atoms with Crippen molar-refractivity contribution in [2.45, 2.75) is 66.0 Å². The van der Waals surface area contributed by atoms with Crippen LogP contribution >= 0.6 is 0 Å². The largest absolute Gasteiger partial charge is 0.394 e. The van der Waals surface area contributed by atoms with Gasteiger partial charge in [-0.25, -0.2) is 4.98 Å². The van der Waals surface area contributed by atoms with E-state index >= 15 is 0 Å². The topological polar surface area (TPSA) is 119 Å². The lowest BCUT2D eigenvalue weighted by molar-refractivity contribution is -0.910. The van der Waals surface area contributed by atoms with Gasteiger partial charge in [-0.15, -0.1) is 0 Å². The maximum absolute atomic E-state index is 11.4. The van der Waals surface area contributed by atoms with E-state index in [1.165, 1.54) is 73.5 Å². The summed E-state index contributed by atoms with van der Waals surface area (Å²) in [4.78, 5) is 21.6. The number of rotatable bonds is 13. The zero-order valence-electron chi connectivity index (χ0n) is 19.2. The molecule has 2 rings (SSSR count). The third kappa shape index (κ3) is 8.81. The van der Waals surface area contributed by atoms with Crippen LogP contribution in [-0.2, 0) is 11.5 Å². The summed E-state index contributed by atoms with van der Waals surface area (Å²) in [5.74, 6) is 0.0291. The second-order valence-corrected chi connectivity index (χ2v) is 7.95. The van der Waals surface area contributed by atoms with Gasteiger partial charge in [0, 0.05) is 0 Å². The highest BCUT2D eigenvalue weighted by molar-refractivity contribution is 5.70. The molecule has 2 aromatic heterocycles. The number of aliphatic hydroxyl groups is 1. The molecule has 172 valence electrons. The van der Waals surface area contributed by atoms with E-state index in [0.29, 0.717) is 5.65 Å². The first-order valence-corrected chi connectivity index (χ1v) is 11.1. The number of aliphatic hydroxyl groups excluding tert-OH is 1. The number of anilines is 1. The van der Waals surface area contributed by atoms with E-state index in [1.807, 2.05) is 0 Å². The maximum atomic E-state index is 11.4. The number of aromatic amines is 1. The van der Waals surface area contributed by atoms with Crippen LogP contribution in [0.15, 0.2) is 11.1 Å². The normalized spacial score (nSPS) is 11.5. The van der Waals surface area contributed by atoms with Gasteiger partial charge < -0.3 is 20.1 Å². The first-order valence-electron chi connectivity index (χ1n) is 11.1. The zero-order valence-corrected chi connectivity index (χ0v) is 19.2. The quantitative estimate of drug-likeness (QED) is 0.335. The Hall–Kier alpha value is -1.97. The molecule has 2 aromatic rings. The van der Waals surface area contributed by atoms with Gasteiger partial charge in [0.15, 0.2) is 11.2 Å². The highest BCUT2D eigenvalue weighted by atomic mass is 16.5. The van der Waals surface area contributed by atoms with Gasteiger partial charge in [-0.2, -0.15) is 4.98 Å². The predicted octanol–water partition coefficient (Wildman–Crippen LogP) is 2.50. The van der Waals surface area contributed by atoms with Gasteiger partial charge in [0.2, 0.25) is 5.95 Å². The monoisotopic (exact) mass is 425 g/mol. The minimum atomic E-state index is -0.386. The van der Waals surface area contributed by atoms with E-state index in [-0.39, 0.29) is 37.0 Å². The van der Waals surface area contributed by atoms with Crippen LogP contribution in [0.5, 0.6) is 0 Å². The molecule has 0 aliphatic heterocycles. The number of ether oxygens (including phenoxy) is 1. The van der Waals surface area contributed by atoms with Crippen molar-refractivity contribution in [1.29, 1.82) is 0 Å². The summed E-state index contributed by atoms with van der Waals surface area (Å²) in [6, 6.07) is 0. The molecule has 0 aromatic carbocycles. The number of nitrogens with zero attached hydrogens (tertiary/aromatic N) is 4. The molecule has 0 aliphatic rings. The van der Waals surface area contributed by atoms with Crippen LogP contribution in [-0.4, -0.2) is 69.0 Å². The first-order chi connectivity index (χ1) is 14.4. The fraction of sp³-hybridized carbons (Fsp3) is 0.762. The SMILES string of the molecule is CCCC[N+](C)(CCCC)CCCC.Nc1nc2c(ncn2COCCO)c(=O)[nH]1. The van der Waals surface area contributed by atoms with Crippen LogP contribution < -0.4 is 11.3 Å². The summed E-state index contributed by atoms with van der Waals surface area (Å²) in [6.45, 7) is 11.3. The Bertz CT molecular complexity index is 752. The number of fused-ring (bicyclic) bond motifs is 1. The number of nitrogen functional groups attached to an aromatic ring is 1. The second kappa shape index (κ2) is 14.1. The van der Waals surface area contributed by atoms with E-state index in [1.54, 1.807) is 0 Å². The second-order valence-electron chi connectivity index (χ2n) is 7.95.